The molecule has 4 aliphatic rings. The van der Waals surface area contributed by atoms with Crippen LogP contribution < -0.4 is 9.80 Å². The molecule has 0 aromatic heterocycles. The number of nitrogens with zero attached hydrogens (tertiary/aromatic N) is 3. The van der Waals surface area contributed by atoms with E-state index in [1.54, 1.807) is 0 Å². The van der Waals surface area contributed by atoms with Gasteiger partial charge in [0.15, 0.2) is 0 Å². The molecular formula is C25H37N3O. The van der Waals surface area contributed by atoms with E-state index in [9.17, 15) is 4.79 Å². The van der Waals surface area contributed by atoms with Gasteiger partial charge in [0.25, 0.3) is 0 Å². The molecule has 0 unspecified atom stereocenters. The molecule has 29 heavy (non-hydrogen) atoms. The Morgan fingerprint density at radius 3 is 2.52 bits per heavy atom. The predicted molar refractivity (Wildman–Crippen MR) is 120 cm³/mol. The highest BCUT2D eigenvalue weighted by atomic mass is 16.2. The molecule has 2 atom stereocenters. The Morgan fingerprint density at radius 1 is 0.966 bits per heavy atom. The second kappa shape index (κ2) is 7.61. The Hall–Kier alpha value is -1.55. The number of amides is 1. The first kappa shape index (κ1) is 19.4. The van der Waals surface area contributed by atoms with Gasteiger partial charge >= 0.3 is 0 Å². The van der Waals surface area contributed by atoms with Gasteiger partial charge < -0.3 is 9.80 Å². The van der Waals surface area contributed by atoms with Crippen LogP contribution in [0.25, 0.3) is 0 Å². The van der Waals surface area contributed by atoms with Crippen molar-refractivity contribution in [2.24, 2.45) is 5.41 Å². The fourth-order valence-corrected chi connectivity index (χ4v) is 6.63. The van der Waals surface area contributed by atoms with Crippen molar-refractivity contribution in [2.45, 2.75) is 83.7 Å². The van der Waals surface area contributed by atoms with Crippen LogP contribution in [0.1, 0.15) is 70.3 Å². The predicted octanol–water partition coefficient (Wildman–Crippen LogP) is 4.75. The number of anilines is 2. The summed E-state index contributed by atoms with van der Waals surface area (Å²) in [6.07, 6.45) is 11.0. The van der Waals surface area contributed by atoms with Crippen molar-refractivity contribution >= 4 is 17.3 Å². The number of likely N-dealkylation sites (tertiary alicyclic amines) is 1. The summed E-state index contributed by atoms with van der Waals surface area (Å²) in [5, 5.41) is 0. The Kier molecular flexibility index (Phi) is 5.09. The van der Waals surface area contributed by atoms with Crippen LogP contribution in [-0.4, -0.2) is 49.1 Å². The topological polar surface area (TPSA) is 26.8 Å². The molecule has 3 saturated heterocycles. The molecule has 0 bridgehead atoms. The number of hydrogen-bond acceptors (Lipinski definition) is 3. The summed E-state index contributed by atoms with van der Waals surface area (Å²) in [5.74, 6) is 0.400. The molecule has 0 N–H and O–H groups in total. The molecule has 0 radical (unpaired) electrons. The Balaban J connectivity index is 1.29. The van der Waals surface area contributed by atoms with Gasteiger partial charge in [-0.3, -0.25) is 9.69 Å². The highest BCUT2D eigenvalue weighted by Crippen LogP contribution is 2.46. The van der Waals surface area contributed by atoms with E-state index < -0.39 is 0 Å². The minimum Gasteiger partial charge on any atom is -0.370 e. The van der Waals surface area contributed by atoms with Gasteiger partial charge in [-0.05, 0) is 82.7 Å². The fourth-order valence-electron chi connectivity index (χ4n) is 6.63. The van der Waals surface area contributed by atoms with Crippen LogP contribution in [-0.2, 0) is 4.79 Å². The number of aryl methyl sites for hydroxylation is 1. The van der Waals surface area contributed by atoms with Crippen molar-refractivity contribution in [1.29, 1.82) is 0 Å². The number of carbonyl (C=O) groups is 1. The van der Waals surface area contributed by atoms with Gasteiger partial charge in [-0.1, -0.05) is 19.3 Å². The monoisotopic (exact) mass is 395 g/mol. The third kappa shape index (κ3) is 3.37. The van der Waals surface area contributed by atoms with E-state index in [0.717, 1.165) is 50.6 Å². The molecule has 3 aliphatic heterocycles. The highest BCUT2D eigenvalue weighted by molar-refractivity contribution is 6.00. The van der Waals surface area contributed by atoms with Crippen molar-refractivity contribution in [3.63, 3.8) is 0 Å². The average Bonchev–Trinajstić information content (AvgIpc) is 3.44. The zero-order valence-corrected chi connectivity index (χ0v) is 18.3. The van der Waals surface area contributed by atoms with E-state index in [4.69, 9.17) is 0 Å². The average molecular weight is 396 g/mol. The van der Waals surface area contributed by atoms with E-state index in [0.29, 0.717) is 11.9 Å². The van der Waals surface area contributed by atoms with Gasteiger partial charge in [0.05, 0.1) is 5.41 Å². The highest BCUT2D eigenvalue weighted by Gasteiger charge is 2.47. The summed E-state index contributed by atoms with van der Waals surface area (Å²) in [4.78, 5) is 20.7. The van der Waals surface area contributed by atoms with Crippen molar-refractivity contribution in [1.82, 2.24) is 4.90 Å². The largest absolute Gasteiger partial charge is 0.370 e. The standard InChI is InChI=1S/C25H37N3O/c1-19-17-21(26-15-10-22(18-26)27-14-6-7-20(27)2)8-9-23(19)28-16-13-25(24(28)29)11-4-3-5-12-25/h8-9,17,20,22H,3-7,10-16,18H2,1-2H3/t20-,22-/m0/s1. The lowest BCUT2D eigenvalue weighted by atomic mass is 9.73. The number of hydrogen-bond donors (Lipinski definition) is 0. The Morgan fingerprint density at radius 2 is 1.79 bits per heavy atom. The van der Waals surface area contributed by atoms with E-state index >= 15 is 0 Å². The van der Waals surface area contributed by atoms with Crippen molar-refractivity contribution < 1.29 is 4.79 Å². The quantitative estimate of drug-likeness (QED) is 0.739. The first-order valence-electron chi connectivity index (χ1n) is 12.0. The smallest absolute Gasteiger partial charge is 0.233 e. The fraction of sp³-hybridized carbons (Fsp3) is 0.720. The maximum absolute atomic E-state index is 13.3. The van der Waals surface area contributed by atoms with Crippen LogP contribution >= 0.6 is 0 Å². The van der Waals surface area contributed by atoms with E-state index in [1.807, 2.05) is 0 Å². The maximum atomic E-state index is 13.3. The molecule has 1 aromatic rings. The minimum atomic E-state index is -0.0437. The van der Waals surface area contributed by atoms with Crippen LogP contribution in [0.15, 0.2) is 18.2 Å². The van der Waals surface area contributed by atoms with Crippen molar-refractivity contribution in [3.05, 3.63) is 23.8 Å². The summed E-state index contributed by atoms with van der Waals surface area (Å²) < 4.78 is 0. The van der Waals surface area contributed by atoms with Gasteiger partial charge in [0.2, 0.25) is 5.91 Å². The van der Waals surface area contributed by atoms with Crippen LogP contribution in [0.5, 0.6) is 0 Å². The first-order valence-corrected chi connectivity index (χ1v) is 12.0. The normalized spacial score (nSPS) is 30.1. The van der Waals surface area contributed by atoms with E-state index in [2.05, 4.69) is 46.7 Å². The Bertz CT molecular complexity index is 769. The SMILES string of the molecule is Cc1cc(N2CC[C@H](N3CCC[C@@H]3C)C2)ccc1N1CCC2(CCCCC2)C1=O. The minimum absolute atomic E-state index is 0.0437. The summed E-state index contributed by atoms with van der Waals surface area (Å²) in [7, 11) is 0. The Labute approximate surface area is 176 Å². The first-order chi connectivity index (χ1) is 14.1. The second-order valence-corrected chi connectivity index (χ2v) is 10.1. The third-order valence-electron chi connectivity index (χ3n) is 8.40. The van der Waals surface area contributed by atoms with Gasteiger partial charge in [-0.2, -0.15) is 0 Å². The molecule has 4 nitrogen and oxygen atoms in total. The molecule has 1 aliphatic carbocycles. The molecule has 158 valence electrons. The number of carbonyl (C=O) groups excluding carboxylic acids is 1. The van der Waals surface area contributed by atoms with Crippen LogP contribution in [0, 0.1) is 12.3 Å². The lowest BCUT2D eigenvalue weighted by Crippen LogP contribution is -2.39. The van der Waals surface area contributed by atoms with Crippen molar-refractivity contribution in [2.75, 3.05) is 36.0 Å². The molecule has 1 saturated carbocycles. The third-order valence-corrected chi connectivity index (χ3v) is 8.40. The number of rotatable bonds is 3. The summed E-state index contributed by atoms with van der Waals surface area (Å²) in [6, 6.07) is 8.26. The van der Waals surface area contributed by atoms with E-state index in [-0.39, 0.29) is 5.41 Å². The maximum Gasteiger partial charge on any atom is 0.233 e. The van der Waals surface area contributed by atoms with Crippen LogP contribution in [0.4, 0.5) is 11.4 Å². The molecule has 1 spiro atoms. The summed E-state index contributed by atoms with van der Waals surface area (Å²) >= 11 is 0. The summed E-state index contributed by atoms with van der Waals surface area (Å²) in [5.41, 5.74) is 3.68. The molecular weight excluding hydrogens is 358 g/mol. The summed E-state index contributed by atoms with van der Waals surface area (Å²) in [6.45, 7) is 9.05. The zero-order chi connectivity index (χ0) is 20.0. The lowest BCUT2D eigenvalue weighted by molar-refractivity contribution is -0.127. The van der Waals surface area contributed by atoms with Gasteiger partial charge in [0.1, 0.15) is 0 Å². The van der Waals surface area contributed by atoms with Gasteiger partial charge in [-0.15, -0.1) is 0 Å². The lowest BCUT2D eigenvalue weighted by Gasteiger charge is -2.32. The molecule has 4 fully saturated rings. The van der Waals surface area contributed by atoms with Crippen LogP contribution in [0.3, 0.4) is 0 Å². The van der Waals surface area contributed by atoms with Crippen molar-refractivity contribution in [3.8, 4) is 0 Å². The number of benzene rings is 1. The zero-order valence-electron chi connectivity index (χ0n) is 18.3. The molecule has 1 aromatic carbocycles. The molecule has 3 heterocycles. The second-order valence-electron chi connectivity index (χ2n) is 10.1. The molecule has 4 heteroatoms. The molecule has 5 rings (SSSR count). The van der Waals surface area contributed by atoms with Gasteiger partial charge in [-0.25, -0.2) is 0 Å². The molecule has 1 amide bonds. The van der Waals surface area contributed by atoms with Crippen LogP contribution in [0.2, 0.25) is 0 Å². The van der Waals surface area contributed by atoms with E-state index in [1.165, 1.54) is 56.3 Å². The van der Waals surface area contributed by atoms with Gasteiger partial charge in [0, 0.05) is 43.1 Å².